The van der Waals surface area contributed by atoms with Crippen LogP contribution < -0.4 is 5.73 Å². The van der Waals surface area contributed by atoms with Gasteiger partial charge < -0.3 is 5.73 Å². The minimum absolute atomic E-state index is 0.423. The van der Waals surface area contributed by atoms with Crippen molar-refractivity contribution < 1.29 is 0 Å². The van der Waals surface area contributed by atoms with Gasteiger partial charge >= 0.3 is 0 Å². The molecule has 0 bridgehead atoms. The summed E-state index contributed by atoms with van der Waals surface area (Å²) in [4.78, 5) is 9.59. The Balaban J connectivity index is 2.06. The first-order valence-corrected chi connectivity index (χ1v) is 5.89. The van der Waals surface area contributed by atoms with Crippen LogP contribution in [0.4, 0.5) is 5.82 Å². The van der Waals surface area contributed by atoms with Crippen molar-refractivity contribution >= 4 is 17.2 Å². The lowest BCUT2D eigenvalue weighted by Gasteiger charge is -2.05. The zero-order valence-corrected chi connectivity index (χ0v) is 9.63. The number of nitrogens with zero attached hydrogens (tertiary/aromatic N) is 4. The molecule has 0 aliphatic heterocycles. The minimum atomic E-state index is 0.423. The van der Waals surface area contributed by atoms with E-state index in [-0.39, 0.29) is 0 Å². The molecule has 0 aliphatic rings. The van der Waals surface area contributed by atoms with Crippen LogP contribution in [0.25, 0.3) is 16.4 Å². The molecule has 0 saturated heterocycles. The standard InChI is InChI=1S/C11H9N5S/c12-10-8(16-5-2-4-14-16)7-13-11(15-10)9-3-1-6-17-9/h1-7H,(H2,12,13,15). The van der Waals surface area contributed by atoms with E-state index in [9.17, 15) is 0 Å². The second kappa shape index (κ2) is 3.99. The number of hydrogen-bond donors (Lipinski definition) is 1. The quantitative estimate of drug-likeness (QED) is 0.747. The van der Waals surface area contributed by atoms with E-state index in [1.54, 1.807) is 34.6 Å². The van der Waals surface area contributed by atoms with Crippen LogP contribution in [0, 0.1) is 0 Å². The Morgan fingerprint density at radius 2 is 2.24 bits per heavy atom. The Kier molecular flexibility index (Phi) is 2.34. The summed E-state index contributed by atoms with van der Waals surface area (Å²) >= 11 is 1.59. The van der Waals surface area contributed by atoms with E-state index in [0.717, 1.165) is 4.88 Å². The first-order chi connectivity index (χ1) is 8.34. The van der Waals surface area contributed by atoms with E-state index < -0.39 is 0 Å². The molecular weight excluding hydrogens is 234 g/mol. The number of nitrogens with two attached hydrogens (primary N) is 1. The molecule has 0 aliphatic carbocycles. The monoisotopic (exact) mass is 243 g/mol. The van der Waals surface area contributed by atoms with Crippen molar-refractivity contribution in [2.45, 2.75) is 0 Å². The van der Waals surface area contributed by atoms with Gasteiger partial charge in [0.1, 0.15) is 5.69 Å². The Bertz CT molecular complexity index is 615. The minimum Gasteiger partial charge on any atom is -0.382 e. The lowest BCUT2D eigenvalue weighted by Crippen LogP contribution is -2.04. The van der Waals surface area contributed by atoms with Gasteiger partial charge in [-0.05, 0) is 17.5 Å². The maximum atomic E-state index is 5.91. The highest BCUT2D eigenvalue weighted by atomic mass is 32.1. The molecule has 0 saturated carbocycles. The van der Waals surface area contributed by atoms with Gasteiger partial charge in [-0.15, -0.1) is 11.3 Å². The van der Waals surface area contributed by atoms with Gasteiger partial charge in [-0.3, -0.25) is 0 Å². The third-order valence-electron chi connectivity index (χ3n) is 2.29. The maximum absolute atomic E-state index is 5.91. The molecule has 0 amide bonds. The van der Waals surface area contributed by atoms with E-state index in [2.05, 4.69) is 15.1 Å². The Morgan fingerprint density at radius 1 is 1.29 bits per heavy atom. The summed E-state index contributed by atoms with van der Waals surface area (Å²) in [6.07, 6.45) is 5.18. The summed E-state index contributed by atoms with van der Waals surface area (Å²) in [5.74, 6) is 1.07. The Hall–Kier alpha value is -2.21. The van der Waals surface area contributed by atoms with Crippen LogP contribution in [0.3, 0.4) is 0 Å². The number of aromatic nitrogens is 4. The molecule has 0 fully saturated rings. The average molecular weight is 243 g/mol. The van der Waals surface area contributed by atoms with Crippen LogP contribution in [0.5, 0.6) is 0 Å². The number of rotatable bonds is 2. The van der Waals surface area contributed by atoms with Crippen LogP contribution in [0.1, 0.15) is 0 Å². The van der Waals surface area contributed by atoms with Crippen LogP contribution >= 0.6 is 11.3 Å². The average Bonchev–Trinajstić information content (AvgIpc) is 3.02. The fourth-order valence-corrected chi connectivity index (χ4v) is 2.17. The highest BCUT2D eigenvalue weighted by Gasteiger charge is 2.08. The van der Waals surface area contributed by atoms with E-state index in [1.165, 1.54) is 0 Å². The molecule has 3 aromatic heterocycles. The second-order valence-electron chi connectivity index (χ2n) is 3.39. The number of nitrogen functional groups attached to an aromatic ring is 1. The number of thiophene rings is 1. The van der Waals surface area contributed by atoms with Crippen molar-refractivity contribution in [3.05, 3.63) is 42.2 Å². The molecule has 0 spiro atoms. The summed E-state index contributed by atoms with van der Waals surface area (Å²) in [6.45, 7) is 0. The van der Waals surface area contributed by atoms with E-state index in [0.29, 0.717) is 17.3 Å². The largest absolute Gasteiger partial charge is 0.382 e. The van der Waals surface area contributed by atoms with Gasteiger partial charge in [0.05, 0.1) is 11.1 Å². The SMILES string of the molecule is Nc1nc(-c2cccs2)ncc1-n1cccn1. The molecule has 0 aromatic carbocycles. The number of anilines is 1. The first-order valence-electron chi connectivity index (χ1n) is 5.01. The summed E-state index contributed by atoms with van der Waals surface area (Å²) in [6, 6.07) is 5.75. The smallest absolute Gasteiger partial charge is 0.171 e. The lowest BCUT2D eigenvalue weighted by molar-refractivity contribution is 0.869. The van der Waals surface area contributed by atoms with Gasteiger partial charge in [-0.2, -0.15) is 5.10 Å². The molecule has 0 atom stereocenters. The van der Waals surface area contributed by atoms with E-state index in [1.807, 2.05) is 23.6 Å². The van der Waals surface area contributed by atoms with Crippen LogP contribution in [-0.4, -0.2) is 19.7 Å². The molecule has 0 radical (unpaired) electrons. The van der Waals surface area contributed by atoms with Gasteiger partial charge in [0, 0.05) is 12.4 Å². The van der Waals surface area contributed by atoms with Crippen molar-refractivity contribution in [3.8, 4) is 16.4 Å². The summed E-state index contributed by atoms with van der Waals surface area (Å²) in [5.41, 5.74) is 6.60. The predicted octanol–water partition coefficient (Wildman–Crippen LogP) is 1.97. The highest BCUT2D eigenvalue weighted by Crippen LogP contribution is 2.23. The molecule has 3 heterocycles. The molecule has 3 aromatic rings. The molecule has 5 nitrogen and oxygen atoms in total. The van der Waals surface area contributed by atoms with Crippen molar-refractivity contribution in [2.24, 2.45) is 0 Å². The van der Waals surface area contributed by atoms with Gasteiger partial charge in [0.25, 0.3) is 0 Å². The molecule has 0 unspecified atom stereocenters. The fourth-order valence-electron chi connectivity index (χ4n) is 1.50. The van der Waals surface area contributed by atoms with Crippen molar-refractivity contribution in [1.82, 2.24) is 19.7 Å². The van der Waals surface area contributed by atoms with Gasteiger partial charge in [0.2, 0.25) is 0 Å². The first kappa shape index (κ1) is 9.98. The summed E-state index contributed by atoms with van der Waals surface area (Å²) in [5, 5.41) is 6.08. The lowest BCUT2D eigenvalue weighted by atomic mass is 10.4. The topological polar surface area (TPSA) is 69.6 Å². The molecule has 84 valence electrons. The number of hydrogen-bond acceptors (Lipinski definition) is 5. The Labute approximate surface area is 102 Å². The molecular formula is C11H9N5S. The second-order valence-corrected chi connectivity index (χ2v) is 4.34. The van der Waals surface area contributed by atoms with Gasteiger partial charge in [-0.1, -0.05) is 6.07 Å². The third kappa shape index (κ3) is 1.78. The van der Waals surface area contributed by atoms with Crippen molar-refractivity contribution in [2.75, 3.05) is 5.73 Å². The Morgan fingerprint density at radius 3 is 2.88 bits per heavy atom. The molecule has 17 heavy (non-hydrogen) atoms. The van der Waals surface area contributed by atoms with Crippen LogP contribution in [-0.2, 0) is 0 Å². The van der Waals surface area contributed by atoms with Crippen molar-refractivity contribution in [3.63, 3.8) is 0 Å². The van der Waals surface area contributed by atoms with Crippen molar-refractivity contribution in [1.29, 1.82) is 0 Å². The normalized spacial score (nSPS) is 10.6. The molecule has 3 rings (SSSR count). The van der Waals surface area contributed by atoms with Gasteiger partial charge in [-0.25, -0.2) is 14.6 Å². The fraction of sp³-hybridized carbons (Fsp3) is 0. The van der Waals surface area contributed by atoms with E-state index >= 15 is 0 Å². The van der Waals surface area contributed by atoms with Gasteiger partial charge in [0.15, 0.2) is 11.6 Å². The highest BCUT2D eigenvalue weighted by molar-refractivity contribution is 7.13. The van der Waals surface area contributed by atoms with E-state index in [4.69, 9.17) is 5.73 Å². The molecule has 2 N–H and O–H groups in total. The maximum Gasteiger partial charge on any atom is 0.171 e. The summed E-state index contributed by atoms with van der Waals surface area (Å²) in [7, 11) is 0. The zero-order valence-electron chi connectivity index (χ0n) is 8.82. The zero-order chi connectivity index (χ0) is 11.7. The molecule has 6 heteroatoms. The third-order valence-corrected chi connectivity index (χ3v) is 3.16. The predicted molar refractivity (Wildman–Crippen MR) is 66.9 cm³/mol. The van der Waals surface area contributed by atoms with Crippen LogP contribution in [0.15, 0.2) is 42.2 Å². The summed E-state index contributed by atoms with van der Waals surface area (Å²) < 4.78 is 1.65. The van der Waals surface area contributed by atoms with Crippen LogP contribution in [0.2, 0.25) is 0 Å².